The summed E-state index contributed by atoms with van der Waals surface area (Å²) in [7, 11) is 3.23. The second-order valence-electron chi connectivity index (χ2n) is 5.11. The number of likely N-dealkylation sites (tertiary alicyclic amines) is 1. The molecule has 0 bridgehead atoms. The molecule has 116 valence electrons. The average Bonchev–Trinajstić information content (AvgIpc) is 2.53. The van der Waals surface area contributed by atoms with Gasteiger partial charge in [-0.2, -0.15) is 0 Å². The maximum atomic E-state index is 12.8. The van der Waals surface area contributed by atoms with E-state index < -0.39 is 0 Å². The van der Waals surface area contributed by atoms with Gasteiger partial charge in [0.1, 0.15) is 5.75 Å². The fourth-order valence-electron chi connectivity index (χ4n) is 2.72. The second kappa shape index (κ2) is 7.11. The number of amides is 1. The second-order valence-corrected chi connectivity index (χ2v) is 5.55. The summed E-state index contributed by atoms with van der Waals surface area (Å²) in [5.41, 5.74) is 6.29. The molecule has 2 atom stereocenters. The van der Waals surface area contributed by atoms with E-state index in [9.17, 15) is 4.79 Å². The third kappa shape index (κ3) is 3.48. The van der Waals surface area contributed by atoms with Crippen molar-refractivity contribution < 1.29 is 14.3 Å². The Hall–Kier alpha value is -1.30. The van der Waals surface area contributed by atoms with Gasteiger partial charge in [0.2, 0.25) is 0 Å². The molecule has 1 amide bonds. The van der Waals surface area contributed by atoms with E-state index in [0.29, 0.717) is 29.4 Å². The molecule has 2 unspecified atom stereocenters. The van der Waals surface area contributed by atoms with Crippen LogP contribution >= 0.6 is 11.6 Å². The maximum Gasteiger partial charge on any atom is 0.257 e. The Morgan fingerprint density at radius 1 is 1.48 bits per heavy atom. The Kier molecular flexibility index (Phi) is 5.45. The fraction of sp³-hybridized carbons (Fsp3) is 0.533. The molecule has 1 aromatic carbocycles. The van der Waals surface area contributed by atoms with Crippen LogP contribution in [-0.2, 0) is 4.74 Å². The van der Waals surface area contributed by atoms with Crippen molar-refractivity contribution in [1.29, 1.82) is 0 Å². The molecular weight excluding hydrogens is 292 g/mol. The maximum absolute atomic E-state index is 12.8. The van der Waals surface area contributed by atoms with Crippen LogP contribution in [0.5, 0.6) is 5.75 Å². The molecule has 1 aliphatic rings. The molecule has 1 fully saturated rings. The van der Waals surface area contributed by atoms with E-state index in [1.165, 1.54) is 7.11 Å². The van der Waals surface area contributed by atoms with E-state index in [4.69, 9.17) is 26.8 Å². The van der Waals surface area contributed by atoms with Gasteiger partial charge in [0.15, 0.2) is 0 Å². The molecule has 1 aliphatic heterocycles. The number of hydrogen-bond donors (Lipinski definition) is 1. The molecular formula is C15H21ClN2O3. The molecule has 2 rings (SSSR count). The Labute approximate surface area is 130 Å². The predicted octanol–water partition coefficient (Wildman–Crippen LogP) is 1.93. The highest BCUT2D eigenvalue weighted by Crippen LogP contribution is 2.27. The standard InChI is InChI=1S/C15H21ClN2O3/c1-20-12-5-6-18(11(8-12)9-17)15(19)13-7-10(16)3-4-14(13)21-2/h3-4,7,11-12H,5-6,8-9,17H2,1-2H3. The quantitative estimate of drug-likeness (QED) is 0.922. The number of piperidine rings is 1. The lowest BCUT2D eigenvalue weighted by atomic mass is 9.98. The Morgan fingerprint density at radius 2 is 2.24 bits per heavy atom. The van der Waals surface area contributed by atoms with Crippen LogP contribution in [0.25, 0.3) is 0 Å². The summed E-state index contributed by atoms with van der Waals surface area (Å²) in [6.07, 6.45) is 1.72. The monoisotopic (exact) mass is 312 g/mol. The molecule has 1 aromatic rings. The topological polar surface area (TPSA) is 64.8 Å². The van der Waals surface area contributed by atoms with Gasteiger partial charge in [-0.3, -0.25) is 4.79 Å². The van der Waals surface area contributed by atoms with Gasteiger partial charge < -0.3 is 20.1 Å². The number of rotatable bonds is 4. The van der Waals surface area contributed by atoms with Crippen molar-refractivity contribution in [3.8, 4) is 5.75 Å². The van der Waals surface area contributed by atoms with Gasteiger partial charge in [0.25, 0.3) is 5.91 Å². The van der Waals surface area contributed by atoms with Crippen molar-refractivity contribution >= 4 is 17.5 Å². The van der Waals surface area contributed by atoms with Gasteiger partial charge >= 0.3 is 0 Å². The van der Waals surface area contributed by atoms with Crippen molar-refractivity contribution in [1.82, 2.24) is 4.90 Å². The Morgan fingerprint density at radius 3 is 2.86 bits per heavy atom. The van der Waals surface area contributed by atoms with Gasteiger partial charge in [-0.15, -0.1) is 0 Å². The van der Waals surface area contributed by atoms with E-state index >= 15 is 0 Å². The zero-order valence-corrected chi connectivity index (χ0v) is 13.1. The van der Waals surface area contributed by atoms with Gasteiger partial charge in [-0.25, -0.2) is 0 Å². The van der Waals surface area contributed by atoms with E-state index in [0.717, 1.165) is 12.8 Å². The summed E-state index contributed by atoms with van der Waals surface area (Å²) in [4.78, 5) is 14.6. The van der Waals surface area contributed by atoms with Gasteiger partial charge in [-0.1, -0.05) is 11.6 Å². The third-order valence-electron chi connectivity index (χ3n) is 3.93. The zero-order chi connectivity index (χ0) is 15.4. The van der Waals surface area contributed by atoms with E-state index in [2.05, 4.69) is 0 Å². The van der Waals surface area contributed by atoms with Crippen LogP contribution < -0.4 is 10.5 Å². The lowest BCUT2D eigenvalue weighted by molar-refractivity contribution is 0.0137. The minimum atomic E-state index is -0.0978. The zero-order valence-electron chi connectivity index (χ0n) is 12.3. The first-order valence-corrected chi connectivity index (χ1v) is 7.35. The number of nitrogens with two attached hydrogens (primary N) is 1. The van der Waals surface area contributed by atoms with Crippen LogP contribution in [-0.4, -0.2) is 50.3 Å². The summed E-state index contributed by atoms with van der Waals surface area (Å²) >= 11 is 6.00. The molecule has 0 aliphatic carbocycles. The van der Waals surface area contributed by atoms with Crippen LogP contribution in [0.2, 0.25) is 5.02 Å². The first-order chi connectivity index (χ1) is 10.1. The minimum absolute atomic E-state index is 0.0279. The van der Waals surface area contributed by atoms with Crippen LogP contribution in [0.3, 0.4) is 0 Å². The number of carbonyl (C=O) groups is 1. The number of halogens is 1. The normalized spacial score (nSPS) is 22.2. The number of ether oxygens (including phenoxy) is 2. The largest absolute Gasteiger partial charge is 0.496 e. The highest BCUT2D eigenvalue weighted by Gasteiger charge is 2.32. The summed E-state index contributed by atoms with van der Waals surface area (Å²) in [5, 5.41) is 0.509. The smallest absolute Gasteiger partial charge is 0.257 e. The Balaban J connectivity index is 2.24. The molecule has 5 nitrogen and oxygen atoms in total. The van der Waals surface area contributed by atoms with Gasteiger partial charge in [0.05, 0.1) is 18.8 Å². The van der Waals surface area contributed by atoms with Crippen LogP contribution in [0.4, 0.5) is 0 Å². The molecule has 21 heavy (non-hydrogen) atoms. The minimum Gasteiger partial charge on any atom is -0.496 e. The molecule has 0 saturated carbocycles. The number of hydrogen-bond acceptors (Lipinski definition) is 4. The number of methoxy groups -OCH3 is 2. The molecule has 1 heterocycles. The van der Waals surface area contributed by atoms with Gasteiger partial charge in [-0.05, 0) is 31.0 Å². The molecule has 1 saturated heterocycles. The van der Waals surface area contributed by atoms with E-state index in [1.54, 1.807) is 30.2 Å². The molecule has 0 spiro atoms. The van der Waals surface area contributed by atoms with Gasteiger partial charge in [0, 0.05) is 31.3 Å². The van der Waals surface area contributed by atoms with Crippen LogP contribution in [0, 0.1) is 0 Å². The van der Waals surface area contributed by atoms with Crippen molar-refractivity contribution in [2.45, 2.75) is 25.0 Å². The van der Waals surface area contributed by atoms with Crippen molar-refractivity contribution in [3.05, 3.63) is 28.8 Å². The van der Waals surface area contributed by atoms with Crippen molar-refractivity contribution in [2.24, 2.45) is 5.73 Å². The first kappa shape index (κ1) is 16.1. The average molecular weight is 313 g/mol. The highest BCUT2D eigenvalue weighted by molar-refractivity contribution is 6.31. The van der Waals surface area contributed by atoms with Crippen molar-refractivity contribution in [2.75, 3.05) is 27.3 Å². The van der Waals surface area contributed by atoms with Crippen LogP contribution in [0.15, 0.2) is 18.2 Å². The molecule has 0 radical (unpaired) electrons. The first-order valence-electron chi connectivity index (χ1n) is 6.98. The molecule has 2 N–H and O–H groups in total. The predicted molar refractivity (Wildman–Crippen MR) is 81.9 cm³/mol. The highest BCUT2D eigenvalue weighted by atomic mass is 35.5. The molecule has 0 aromatic heterocycles. The van der Waals surface area contributed by atoms with E-state index in [-0.39, 0.29) is 18.1 Å². The summed E-state index contributed by atoms with van der Waals surface area (Å²) < 4.78 is 10.6. The lowest BCUT2D eigenvalue weighted by Crippen LogP contribution is -2.51. The summed E-state index contributed by atoms with van der Waals surface area (Å²) in [6, 6.07) is 5.02. The van der Waals surface area contributed by atoms with Crippen molar-refractivity contribution in [3.63, 3.8) is 0 Å². The third-order valence-corrected chi connectivity index (χ3v) is 4.16. The molecule has 6 heteroatoms. The summed E-state index contributed by atoms with van der Waals surface area (Å²) in [6.45, 7) is 1.03. The number of benzene rings is 1. The van der Waals surface area contributed by atoms with E-state index in [1.807, 2.05) is 0 Å². The Bertz CT molecular complexity index is 510. The lowest BCUT2D eigenvalue weighted by Gasteiger charge is -2.38. The summed E-state index contributed by atoms with van der Waals surface area (Å²) in [5.74, 6) is 0.424. The number of nitrogens with zero attached hydrogens (tertiary/aromatic N) is 1. The SMILES string of the molecule is COc1ccc(Cl)cc1C(=O)N1CCC(OC)CC1CN. The fourth-order valence-corrected chi connectivity index (χ4v) is 2.89. The number of carbonyl (C=O) groups excluding carboxylic acids is 1. The van der Waals surface area contributed by atoms with Crippen LogP contribution in [0.1, 0.15) is 23.2 Å².